The third kappa shape index (κ3) is 2.95. The molecule has 0 radical (unpaired) electrons. The molecule has 0 aromatic heterocycles. The van der Waals surface area contributed by atoms with Gasteiger partial charge in [0.1, 0.15) is 6.10 Å². The molecule has 96 valence electrons. The SMILES string of the molecule is O=C(NC1CCCC1C(=O)O)C1CNCCO1. The molecule has 0 spiro atoms. The van der Waals surface area contributed by atoms with Crippen molar-refractivity contribution in [3.63, 3.8) is 0 Å². The van der Waals surface area contributed by atoms with Crippen LogP contribution < -0.4 is 10.6 Å². The number of carbonyl (C=O) groups excluding carboxylic acids is 1. The maximum absolute atomic E-state index is 11.9. The lowest BCUT2D eigenvalue weighted by Crippen LogP contribution is -2.51. The number of ether oxygens (including phenoxy) is 1. The predicted octanol–water partition coefficient (Wildman–Crippen LogP) is -0.656. The van der Waals surface area contributed by atoms with Crippen LogP contribution in [0.1, 0.15) is 19.3 Å². The van der Waals surface area contributed by atoms with Gasteiger partial charge >= 0.3 is 5.97 Å². The fourth-order valence-electron chi connectivity index (χ4n) is 2.44. The molecule has 3 atom stereocenters. The summed E-state index contributed by atoms with van der Waals surface area (Å²) in [5.41, 5.74) is 0. The Morgan fingerprint density at radius 2 is 2.18 bits per heavy atom. The van der Waals surface area contributed by atoms with E-state index in [9.17, 15) is 9.59 Å². The van der Waals surface area contributed by atoms with Crippen molar-refractivity contribution in [2.75, 3.05) is 19.7 Å². The third-order valence-corrected chi connectivity index (χ3v) is 3.38. The molecule has 1 amide bonds. The summed E-state index contributed by atoms with van der Waals surface area (Å²) in [6.07, 6.45) is 1.75. The molecule has 1 saturated heterocycles. The summed E-state index contributed by atoms with van der Waals surface area (Å²) in [6, 6.07) is -0.245. The Morgan fingerprint density at radius 1 is 1.35 bits per heavy atom. The van der Waals surface area contributed by atoms with Gasteiger partial charge in [0.15, 0.2) is 0 Å². The standard InChI is InChI=1S/C11H18N2O4/c14-10(9-6-12-4-5-17-9)13-8-3-1-2-7(8)11(15)16/h7-9,12H,1-6H2,(H,13,14)(H,15,16). The predicted molar refractivity (Wildman–Crippen MR) is 59.5 cm³/mol. The first-order valence-corrected chi connectivity index (χ1v) is 6.04. The van der Waals surface area contributed by atoms with Crippen LogP contribution in [0.4, 0.5) is 0 Å². The van der Waals surface area contributed by atoms with Crippen LogP contribution in [0, 0.1) is 5.92 Å². The van der Waals surface area contributed by atoms with Crippen LogP contribution in [0.25, 0.3) is 0 Å². The topological polar surface area (TPSA) is 87.7 Å². The van der Waals surface area contributed by atoms with Crippen LogP contribution in [0.3, 0.4) is 0 Å². The highest BCUT2D eigenvalue weighted by atomic mass is 16.5. The van der Waals surface area contributed by atoms with E-state index >= 15 is 0 Å². The molecular formula is C11H18N2O4. The summed E-state index contributed by atoms with van der Waals surface area (Å²) in [6.45, 7) is 1.77. The molecule has 2 fully saturated rings. The molecule has 6 nitrogen and oxygen atoms in total. The van der Waals surface area contributed by atoms with E-state index in [0.29, 0.717) is 19.6 Å². The van der Waals surface area contributed by atoms with Crippen molar-refractivity contribution in [2.24, 2.45) is 5.92 Å². The minimum atomic E-state index is -0.824. The zero-order valence-electron chi connectivity index (χ0n) is 9.65. The van der Waals surface area contributed by atoms with Gasteiger partial charge in [-0.3, -0.25) is 9.59 Å². The molecule has 1 heterocycles. The number of hydrogen-bond acceptors (Lipinski definition) is 4. The van der Waals surface area contributed by atoms with E-state index in [0.717, 1.165) is 19.4 Å². The van der Waals surface area contributed by atoms with Crippen molar-refractivity contribution in [3.05, 3.63) is 0 Å². The number of nitrogens with one attached hydrogen (secondary N) is 2. The minimum absolute atomic E-state index is 0.199. The van der Waals surface area contributed by atoms with Gasteiger partial charge in [-0.1, -0.05) is 6.42 Å². The maximum atomic E-state index is 11.9. The summed E-state index contributed by atoms with van der Waals surface area (Å²) in [7, 11) is 0. The number of amides is 1. The van der Waals surface area contributed by atoms with E-state index in [4.69, 9.17) is 9.84 Å². The number of hydrogen-bond donors (Lipinski definition) is 3. The van der Waals surface area contributed by atoms with Crippen LogP contribution in [-0.4, -0.2) is 48.8 Å². The highest BCUT2D eigenvalue weighted by Gasteiger charge is 2.35. The van der Waals surface area contributed by atoms with Gasteiger partial charge in [-0.25, -0.2) is 0 Å². The lowest BCUT2D eigenvalue weighted by molar-refractivity contribution is -0.143. The largest absolute Gasteiger partial charge is 0.481 e. The smallest absolute Gasteiger partial charge is 0.308 e. The van der Waals surface area contributed by atoms with Crippen LogP contribution in [0.5, 0.6) is 0 Å². The molecule has 3 unspecified atom stereocenters. The van der Waals surface area contributed by atoms with Crippen molar-refractivity contribution in [1.82, 2.24) is 10.6 Å². The van der Waals surface area contributed by atoms with E-state index in [1.807, 2.05) is 0 Å². The molecule has 1 aliphatic heterocycles. The molecule has 6 heteroatoms. The Labute approximate surface area is 99.7 Å². The van der Waals surface area contributed by atoms with Crippen molar-refractivity contribution in [3.8, 4) is 0 Å². The molecule has 0 aromatic carbocycles. The average molecular weight is 242 g/mol. The molecule has 2 rings (SSSR count). The summed E-state index contributed by atoms with van der Waals surface area (Å²) in [4.78, 5) is 22.8. The van der Waals surface area contributed by atoms with Crippen LogP contribution in [0.2, 0.25) is 0 Å². The first-order valence-electron chi connectivity index (χ1n) is 6.04. The number of aliphatic carboxylic acids is 1. The molecule has 1 saturated carbocycles. The van der Waals surface area contributed by atoms with E-state index in [2.05, 4.69) is 10.6 Å². The monoisotopic (exact) mass is 242 g/mol. The van der Waals surface area contributed by atoms with Gasteiger partial charge in [-0.15, -0.1) is 0 Å². The number of carboxylic acid groups (broad SMARTS) is 1. The third-order valence-electron chi connectivity index (χ3n) is 3.38. The normalized spacial score (nSPS) is 33.3. The zero-order chi connectivity index (χ0) is 12.3. The second-order valence-corrected chi connectivity index (χ2v) is 4.55. The average Bonchev–Trinajstić information content (AvgIpc) is 2.78. The van der Waals surface area contributed by atoms with Crippen LogP contribution in [-0.2, 0) is 14.3 Å². The molecule has 17 heavy (non-hydrogen) atoms. The Kier molecular flexibility index (Phi) is 3.96. The molecular weight excluding hydrogens is 224 g/mol. The first kappa shape index (κ1) is 12.3. The van der Waals surface area contributed by atoms with Gasteiger partial charge in [0.25, 0.3) is 5.91 Å². The summed E-state index contributed by atoms with van der Waals surface area (Å²) in [5.74, 6) is -1.47. The summed E-state index contributed by atoms with van der Waals surface area (Å²) < 4.78 is 5.32. The Hall–Kier alpha value is -1.14. The van der Waals surface area contributed by atoms with Gasteiger partial charge in [0.2, 0.25) is 0 Å². The van der Waals surface area contributed by atoms with Crippen LogP contribution >= 0.6 is 0 Å². The lowest BCUT2D eigenvalue weighted by atomic mass is 10.0. The first-order chi connectivity index (χ1) is 8.18. The Morgan fingerprint density at radius 3 is 2.82 bits per heavy atom. The van der Waals surface area contributed by atoms with Crippen LogP contribution in [0.15, 0.2) is 0 Å². The van der Waals surface area contributed by atoms with Gasteiger partial charge in [0, 0.05) is 19.1 Å². The van der Waals surface area contributed by atoms with Gasteiger partial charge in [-0.05, 0) is 12.8 Å². The van der Waals surface area contributed by atoms with Gasteiger partial charge in [0.05, 0.1) is 12.5 Å². The minimum Gasteiger partial charge on any atom is -0.481 e. The number of rotatable bonds is 3. The second kappa shape index (κ2) is 5.46. The Balaban J connectivity index is 1.86. The highest BCUT2D eigenvalue weighted by molar-refractivity contribution is 5.82. The van der Waals surface area contributed by atoms with E-state index < -0.39 is 18.0 Å². The van der Waals surface area contributed by atoms with Crippen molar-refractivity contribution in [2.45, 2.75) is 31.4 Å². The number of morpholine rings is 1. The van der Waals surface area contributed by atoms with Crippen molar-refractivity contribution >= 4 is 11.9 Å². The van der Waals surface area contributed by atoms with E-state index in [-0.39, 0.29) is 11.9 Å². The quantitative estimate of drug-likeness (QED) is 0.612. The Bertz CT molecular complexity index is 302. The summed E-state index contributed by atoms with van der Waals surface area (Å²) >= 11 is 0. The molecule has 0 bridgehead atoms. The fourth-order valence-corrected chi connectivity index (χ4v) is 2.44. The molecule has 1 aliphatic carbocycles. The molecule has 2 aliphatic rings. The van der Waals surface area contributed by atoms with Crippen molar-refractivity contribution < 1.29 is 19.4 Å². The van der Waals surface area contributed by atoms with Gasteiger partial charge in [-0.2, -0.15) is 0 Å². The van der Waals surface area contributed by atoms with Gasteiger partial charge < -0.3 is 20.5 Å². The summed E-state index contributed by atoms with van der Waals surface area (Å²) in [5, 5.41) is 14.9. The molecule has 0 aromatic rings. The maximum Gasteiger partial charge on any atom is 0.308 e. The zero-order valence-corrected chi connectivity index (χ0v) is 9.65. The second-order valence-electron chi connectivity index (χ2n) is 4.55. The number of carboxylic acids is 1. The van der Waals surface area contributed by atoms with E-state index in [1.54, 1.807) is 0 Å². The van der Waals surface area contributed by atoms with Crippen molar-refractivity contribution in [1.29, 1.82) is 0 Å². The fraction of sp³-hybridized carbons (Fsp3) is 0.818. The molecule has 3 N–H and O–H groups in total. The number of carbonyl (C=O) groups is 2. The lowest BCUT2D eigenvalue weighted by Gasteiger charge is -2.25. The highest BCUT2D eigenvalue weighted by Crippen LogP contribution is 2.25. The van der Waals surface area contributed by atoms with E-state index in [1.165, 1.54) is 0 Å².